The monoisotopic (exact) mass is 410 g/mol. The van der Waals surface area contributed by atoms with Crippen LogP contribution in [-0.2, 0) is 0 Å². The topological polar surface area (TPSA) is 63.7 Å². The van der Waals surface area contributed by atoms with Crippen LogP contribution in [0.3, 0.4) is 0 Å². The fraction of sp³-hybridized carbons (Fsp3) is 0.227. The average molecular weight is 410 g/mol. The third-order valence-corrected chi connectivity index (χ3v) is 5.29. The van der Waals surface area contributed by atoms with Crippen LogP contribution in [0.5, 0.6) is 6.01 Å². The number of hydrogen-bond donors (Lipinski definition) is 1. The molecule has 152 valence electrons. The van der Waals surface area contributed by atoms with Gasteiger partial charge in [-0.05, 0) is 42.5 Å². The third kappa shape index (κ3) is 3.38. The molecule has 1 aliphatic carbocycles. The van der Waals surface area contributed by atoms with Crippen molar-refractivity contribution in [2.45, 2.75) is 25.9 Å². The molecule has 0 aliphatic heterocycles. The van der Waals surface area contributed by atoms with Crippen LogP contribution < -0.4 is 4.74 Å². The second-order valence-electron chi connectivity index (χ2n) is 7.63. The Morgan fingerprint density at radius 3 is 2.43 bits per heavy atom. The molecule has 0 spiro atoms. The molecular weight excluding hydrogens is 393 g/mol. The van der Waals surface area contributed by atoms with Gasteiger partial charge in [-0.25, -0.2) is 28.1 Å². The number of nitrogens with zero attached hydrogens (tertiary/aromatic N) is 3. The summed E-state index contributed by atoms with van der Waals surface area (Å²) in [6.07, 6.45) is 5.31. The quantitative estimate of drug-likeness (QED) is 0.497. The SMILES string of the molecule is CC1CC(Oc2ncc(-c3ccc(-c4nc5c(F)cc(F)cc5[nH]4)c(F)c3)cn2)C1. The molecule has 8 heteroatoms. The Labute approximate surface area is 170 Å². The minimum Gasteiger partial charge on any atom is -0.460 e. The van der Waals surface area contributed by atoms with Crippen molar-refractivity contribution in [1.29, 1.82) is 0 Å². The summed E-state index contributed by atoms with van der Waals surface area (Å²) in [7, 11) is 0. The molecule has 5 nitrogen and oxygen atoms in total. The van der Waals surface area contributed by atoms with Crippen LogP contribution >= 0.6 is 0 Å². The van der Waals surface area contributed by atoms with Gasteiger partial charge in [-0.1, -0.05) is 13.0 Å². The molecule has 1 fully saturated rings. The Hall–Kier alpha value is -3.42. The molecule has 0 radical (unpaired) electrons. The molecule has 2 heterocycles. The summed E-state index contributed by atoms with van der Waals surface area (Å²) in [6.45, 7) is 2.17. The van der Waals surface area contributed by atoms with Gasteiger partial charge in [0.25, 0.3) is 0 Å². The minimum absolute atomic E-state index is 0.0419. The number of ether oxygens (including phenoxy) is 1. The molecule has 2 aromatic heterocycles. The molecule has 1 saturated carbocycles. The van der Waals surface area contributed by atoms with Gasteiger partial charge in [0, 0.05) is 24.0 Å². The van der Waals surface area contributed by atoms with E-state index in [1.54, 1.807) is 18.5 Å². The molecule has 5 rings (SSSR count). The highest BCUT2D eigenvalue weighted by molar-refractivity contribution is 5.80. The van der Waals surface area contributed by atoms with E-state index in [1.807, 2.05) is 0 Å². The van der Waals surface area contributed by atoms with Gasteiger partial charge in [-0.2, -0.15) is 0 Å². The Morgan fingerprint density at radius 2 is 1.73 bits per heavy atom. The first-order chi connectivity index (χ1) is 14.5. The van der Waals surface area contributed by atoms with Crippen molar-refractivity contribution in [2.75, 3.05) is 0 Å². The molecule has 30 heavy (non-hydrogen) atoms. The van der Waals surface area contributed by atoms with Crippen molar-refractivity contribution in [3.05, 3.63) is 60.2 Å². The van der Waals surface area contributed by atoms with Gasteiger partial charge in [-0.15, -0.1) is 0 Å². The third-order valence-electron chi connectivity index (χ3n) is 5.29. The molecule has 0 atom stereocenters. The Kier molecular flexibility index (Phi) is 4.42. The Balaban J connectivity index is 1.40. The lowest BCUT2D eigenvalue weighted by atomic mass is 9.84. The summed E-state index contributed by atoms with van der Waals surface area (Å²) in [4.78, 5) is 15.2. The van der Waals surface area contributed by atoms with Crippen LogP contribution in [0.4, 0.5) is 13.2 Å². The summed E-state index contributed by atoms with van der Waals surface area (Å²) < 4.78 is 47.7. The van der Waals surface area contributed by atoms with E-state index in [1.165, 1.54) is 12.1 Å². The maximum atomic E-state index is 14.8. The number of halogens is 3. The lowest BCUT2D eigenvalue weighted by Crippen LogP contribution is -2.32. The molecule has 0 saturated heterocycles. The van der Waals surface area contributed by atoms with Crippen molar-refractivity contribution in [1.82, 2.24) is 19.9 Å². The van der Waals surface area contributed by atoms with E-state index in [4.69, 9.17) is 4.74 Å². The van der Waals surface area contributed by atoms with Gasteiger partial charge in [0.2, 0.25) is 0 Å². The van der Waals surface area contributed by atoms with Crippen LogP contribution in [0, 0.1) is 23.4 Å². The van der Waals surface area contributed by atoms with E-state index in [-0.39, 0.29) is 28.5 Å². The lowest BCUT2D eigenvalue weighted by Gasteiger charge is -2.31. The highest BCUT2D eigenvalue weighted by atomic mass is 19.1. The van der Waals surface area contributed by atoms with Crippen molar-refractivity contribution in [2.24, 2.45) is 5.92 Å². The number of benzene rings is 2. The molecule has 1 aliphatic rings. The van der Waals surface area contributed by atoms with Gasteiger partial charge in [-0.3, -0.25) is 0 Å². The fourth-order valence-electron chi connectivity index (χ4n) is 3.66. The lowest BCUT2D eigenvalue weighted by molar-refractivity contribution is 0.0649. The van der Waals surface area contributed by atoms with E-state index >= 15 is 0 Å². The van der Waals surface area contributed by atoms with Crippen molar-refractivity contribution >= 4 is 11.0 Å². The summed E-state index contributed by atoms with van der Waals surface area (Å²) in [6, 6.07) is 6.71. The van der Waals surface area contributed by atoms with E-state index in [0.29, 0.717) is 23.1 Å². The van der Waals surface area contributed by atoms with E-state index in [9.17, 15) is 13.2 Å². The number of rotatable bonds is 4. The van der Waals surface area contributed by atoms with Crippen LogP contribution in [-0.4, -0.2) is 26.0 Å². The van der Waals surface area contributed by atoms with Crippen LogP contribution in [0.1, 0.15) is 19.8 Å². The first kappa shape index (κ1) is 18.6. The fourth-order valence-corrected chi connectivity index (χ4v) is 3.66. The van der Waals surface area contributed by atoms with Crippen LogP contribution in [0.25, 0.3) is 33.5 Å². The van der Waals surface area contributed by atoms with Crippen LogP contribution in [0.15, 0.2) is 42.7 Å². The number of fused-ring (bicyclic) bond motifs is 1. The number of nitrogens with one attached hydrogen (secondary N) is 1. The van der Waals surface area contributed by atoms with Gasteiger partial charge in [0.15, 0.2) is 5.82 Å². The number of hydrogen-bond acceptors (Lipinski definition) is 4. The molecule has 2 aromatic carbocycles. The first-order valence-corrected chi connectivity index (χ1v) is 9.60. The van der Waals surface area contributed by atoms with Gasteiger partial charge >= 0.3 is 6.01 Å². The van der Waals surface area contributed by atoms with Gasteiger partial charge in [0.1, 0.15) is 29.1 Å². The molecular formula is C22H17F3N4O. The number of imidazole rings is 1. The average Bonchev–Trinajstić information content (AvgIpc) is 3.11. The van der Waals surface area contributed by atoms with Crippen molar-refractivity contribution in [3.63, 3.8) is 0 Å². The highest BCUT2D eigenvalue weighted by Gasteiger charge is 2.27. The first-order valence-electron chi connectivity index (χ1n) is 9.60. The molecule has 4 aromatic rings. The summed E-state index contributed by atoms with van der Waals surface area (Å²) >= 11 is 0. The highest BCUT2D eigenvalue weighted by Crippen LogP contribution is 2.31. The number of aromatic nitrogens is 4. The molecule has 0 amide bonds. The van der Waals surface area contributed by atoms with Gasteiger partial charge in [0.05, 0.1) is 11.1 Å². The van der Waals surface area contributed by atoms with E-state index in [0.717, 1.165) is 25.0 Å². The molecule has 0 bridgehead atoms. The second-order valence-corrected chi connectivity index (χ2v) is 7.63. The predicted molar refractivity (Wildman–Crippen MR) is 105 cm³/mol. The molecule has 0 unspecified atom stereocenters. The van der Waals surface area contributed by atoms with Crippen molar-refractivity contribution in [3.8, 4) is 28.5 Å². The second kappa shape index (κ2) is 7.12. The maximum absolute atomic E-state index is 14.8. The van der Waals surface area contributed by atoms with Crippen LogP contribution in [0.2, 0.25) is 0 Å². The zero-order valence-electron chi connectivity index (χ0n) is 16.0. The normalized spacial score (nSPS) is 18.4. The zero-order chi connectivity index (χ0) is 20.8. The number of aromatic amines is 1. The maximum Gasteiger partial charge on any atom is 0.316 e. The largest absolute Gasteiger partial charge is 0.460 e. The van der Waals surface area contributed by atoms with Gasteiger partial charge < -0.3 is 9.72 Å². The van der Waals surface area contributed by atoms with Crippen molar-refractivity contribution < 1.29 is 17.9 Å². The predicted octanol–water partition coefficient (Wildman–Crippen LogP) is 5.28. The number of H-pyrrole nitrogens is 1. The Bertz CT molecular complexity index is 1230. The smallest absolute Gasteiger partial charge is 0.316 e. The van der Waals surface area contributed by atoms with E-state index < -0.39 is 17.5 Å². The summed E-state index contributed by atoms with van der Waals surface area (Å²) in [5.74, 6) is -1.31. The standard InChI is InChI=1S/C22H17F3N4O/c1-11-4-15(5-11)30-22-26-9-13(10-27-22)12-2-3-16(17(24)6-12)21-28-19-8-14(23)7-18(25)20(19)29-21/h2-3,6-11,15H,4-5H2,1H3,(H,28,29). The molecule has 1 N–H and O–H groups in total. The Morgan fingerprint density at radius 1 is 0.967 bits per heavy atom. The minimum atomic E-state index is -0.805. The zero-order valence-corrected chi connectivity index (χ0v) is 16.0. The summed E-state index contributed by atoms with van der Waals surface area (Å²) in [5.41, 5.74) is 1.48. The van der Waals surface area contributed by atoms with E-state index in [2.05, 4.69) is 26.9 Å². The summed E-state index contributed by atoms with van der Waals surface area (Å²) in [5, 5.41) is 0.